The molecule has 0 aliphatic carbocycles. The first-order chi connectivity index (χ1) is 8.49. The molecule has 2 rings (SSSR count). The number of rotatable bonds is 4. The normalized spacial score (nSPS) is 20.2. The van der Waals surface area contributed by atoms with Gasteiger partial charge < -0.3 is 5.32 Å². The molecular weight excluding hydrogens is 384 g/mol. The van der Waals surface area contributed by atoms with Gasteiger partial charge in [0.1, 0.15) is 0 Å². The van der Waals surface area contributed by atoms with Crippen molar-refractivity contribution in [3.05, 3.63) is 27.1 Å². The van der Waals surface area contributed by atoms with Crippen LogP contribution in [0.3, 0.4) is 0 Å². The van der Waals surface area contributed by atoms with E-state index in [0.29, 0.717) is 16.9 Å². The summed E-state index contributed by atoms with van der Waals surface area (Å²) in [6.45, 7) is 2.33. The van der Waals surface area contributed by atoms with E-state index < -0.39 is 10.0 Å². The van der Waals surface area contributed by atoms with E-state index in [9.17, 15) is 8.42 Å². The summed E-state index contributed by atoms with van der Waals surface area (Å²) in [7, 11) is -3.44. The van der Waals surface area contributed by atoms with Gasteiger partial charge in [0.2, 0.25) is 10.0 Å². The van der Waals surface area contributed by atoms with Crippen molar-refractivity contribution >= 4 is 41.9 Å². The van der Waals surface area contributed by atoms with Crippen LogP contribution in [0.1, 0.15) is 6.42 Å². The van der Waals surface area contributed by atoms with E-state index in [4.69, 9.17) is 0 Å². The van der Waals surface area contributed by atoms with Crippen molar-refractivity contribution in [2.75, 3.05) is 19.6 Å². The minimum Gasteiger partial charge on any atom is -0.316 e. The number of nitrogens with one attached hydrogen (secondary N) is 2. The van der Waals surface area contributed by atoms with E-state index in [-0.39, 0.29) is 4.90 Å². The van der Waals surface area contributed by atoms with E-state index >= 15 is 0 Å². The van der Waals surface area contributed by atoms with Crippen LogP contribution in [0.4, 0.5) is 0 Å². The molecule has 1 unspecified atom stereocenters. The average molecular weight is 398 g/mol. The molecule has 1 aromatic rings. The average Bonchev–Trinajstić information content (AvgIpc) is 2.78. The van der Waals surface area contributed by atoms with Gasteiger partial charge in [0.05, 0.1) is 4.90 Å². The molecule has 0 amide bonds. The van der Waals surface area contributed by atoms with Crippen LogP contribution in [-0.2, 0) is 10.0 Å². The van der Waals surface area contributed by atoms with Crippen molar-refractivity contribution in [1.82, 2.24) is 10.0 Å². The van der Waals surface area contributed by atoms with Crippen LogP contribution in [0.5, 0.6) is 0 Å². The summed E-state index contributed by atoms with van der Waals surface area (Å²) in [5, 5.41) is 3.22. The van der Waals surface area contributed by atoms with Crippen molar-refractivity contribution in [2.24, 2.45) is 5.92 Å². The van der Waals surface area contributed by atoms with E-state index in [2.05, 4.69) is 41.9 Å². The molecule has 1 atom stereocenters. The zero-order chi connectivity index (χ0) is 13.2. The standard InChI is InChI=1S/C11H14Br2N2O2S/c12-9-1-2-11(10(13)5-9)18(16,17)15-7-8-3-4-14-6-8/h1-2,5,8,14-15H,3-4,6-7H2. The summed E-state index contributed by atoms with van der Waals surface area (Å²) in [5.41, 5.74) is 0. The van der Waals surface area contributed by atoms with Crippen LogP contribution in [0.2, 0.25) is 0 Å². The third-order valence-electron chi connectivity index (χ3n) is 2.91. The zero-order valence-electron chi connectivity index (χ0n) is 9.62. The Morgan fingerprint density at radius 3 is 2.78 bits per heavy atom. The van der Waals surface area contributed by atoms with Gasteiger partial charge in [0.15, 0.2) is 0 Å². The molecule has 0 saturated carbocycles. The largest absolute Gasteiger partial charge is 0.316 e. The van der Waals surface area contributed by atoms with Crippen molar-refractivity contribution < 1.29 is 8.42 Å². The van der Waals surface area contributed by atoms with E-state index in [1.807, 2.05) is 0 Å². The second kappa shape index (κ2) is 6.00. The van der Waals surface area contributed by atoms with Crippen LogP contribution < -0.4 is 10.0 Å². The second-order valence-corrected chi connectivity index (χ2v) is 7.79. The Bertz CT molecular complexity index is 528. The SMILES string of the molecule is O=S(=O)(NCC1CCNC1)c1ccc(Br)cc1Br. The van der Waals surface area contributed by atoms with Crippen LogP contribution in [0.15, 0.2) is 32.0 Å². The number of hydrogen-bond donors (Lipinski definition) is 2. The minimum atomic E-state index is -3.44. The minimum absolute atomic E-state index is 0.275. The lowest BCUT2D eigenvalue weighted by molar-refractivity contribution is 0.538. The van der Waals surface area contributed by atoms with Gasteiger partial charge >= 0.3 is 0 Å². The lowest BCUT2D eigenvalue weighted by Gasteiger charge is -2.12. The van der Waals surface area contributed by atoms with Crippen LogP contribution in [0, 0.1) is 5.92 Å². The van der Waals surface area contributed by atoms with Gasteiger partial charge in [-0.25, -0.2) is 13.1 Å². The van der Waals surface area contributed by atoms with Gasteiger partial charge in [0.25, 0.3) is 0 Å². The molecule has 1 saturated heterocycles. The first-order valence-electron chi connectivity index (χ1n) is 5.64. The van der Waals surface area contributed by atoms with E-state index in [0.717, 1.165) is 24.0 Å². The lowest BCUT2D eigenvalue weighted by atomic mass is 10.1. The fourth-order valence-electron chi connectivity index (χ4n) is 1.89. The molecule has 1 fully saturated rings. The summed E-state index contributed by atoms with van der Waals surface area (Å²) in [5.74, 6) is 0.383. The predicted molar refractivity (Wildman–Crippen MR) is 78.0 cm³/mol. The van der Waals surface area contributed by atoms with Crippen LogP contribution in [-0.4, -0.2) is 28.1 Å². The molecule has 1 heterocycles. The van der Waals surface area contributed by atoms with E-state index in [1.165, 1.54) is 0 Å². The highest BCUT2D eigenvalue weighted by atomic mass is 79.9. The maximum Gasteiger partial charge on any atom is 0.241 e. The van der Waals surface area contributed by atoms with Crippen molar-refractivity contribution in [1.29, 1.82) is 0 Å². The van der Waals surface area contributed by atoms with Gasteiger partial charge in [-0.05, 0) is 59.6 Å². The van der Waals surface area contributed by atoms with Gasteiger partial charge in [-0.3, -0.25) is 0 Å². The highest BCUT2D eigenvalue weighted by Crippen LogP contribution is 2.25. The molecule has 7 heteroatoms. The molecular formula is C11H14Br2N2O2S. The first kappa shape index (κ1) is 14.5. The Morgan fingerprint density at radius 2 is 2.17 bits per heavy atom. The molecule has 100 valence electrons. The van der Waals surface area contributed by atoms with Gasteiger partial charge in [-0.2, -0.15) is 0 Å². The molecule has 1 aliphatic heterocycles. The van der Waals surface area contributed by atoms with Gasteiger partial charge in [-0.15, -0.1) is 0 Å². The molecule has 18 heavy (non-hydrogen) atoms. The Morgan fingerprint density at radius 1 is 1.39 bits per heavy atom. The molecule has 4 nitrogen and oxygen atoms in total. The highest BCUT2D eigenvalue weighted by molar-refractivity contribution is 9.11. The number of hydrogen-bond acceptors (Lipinski definition) is 3. The monoisotopic (exact) mass is 396 g/mol. The molecule has 0 bridgehead atoms. The van der Waals surface area contributed by atoms with Crippen molar-refractivity contribution in [3.8, 4) is 0 Å². The fourth-order valence-corrected chi connectivity index (χ4v) is 4.75. The predicted octanol–water partition coefficient (Wildman–Crippen LogP) is 2.10. The molecule has 0 spiro atoms. The third-order valence-corrected chi connectivity index (χ3v) is 5.80. The highest BCUT2D eigenvalue weighted by Gasteiger charge is 2.21. The molecule has 1 aromatic carbocycles. The second-order valence-electron chi connectivity index (χ2n) is 4.29. The van der Waals surface area contributed by atoms with Gasteiger partial charge in [0, 0.05) is 15.5 Å². The smallest absolute Gasteiger partial charge is 0.241 e. The molecule has 2 N–H and O–H groups in total. The van der Waals surface area contributed by atoms with E-state index in [1.54, 1.807) is 18.2 Å². The summed E-state index contributed by atoms with van der Waals surface area (Å²) in [6.07, 6.45) is 1.02. The summed E-state index contributed by atoms with van der Waals surface area (Å²) in [4.78, 5) is 0.275. The zero-order valence-corrected chi connectivity index (χ0v) is 13.6. The Labute approximate surface area is 124 Å². The third kappa shape index (κ3) is 3.54. The lowest BCUT2D eigenvalue weighted by Crippen LogP contribution is -2.30. The van der Waals surface area contributed by atoms with Gasteiger partial charge in [-0.1, -0.05) is 15.9 Å². The Kier molecular flexibility index (Phi) is 4.82. The molecule has 1 aliphatic rings. The molecule has 0 radical (unpaired) electrons. The quantitative estimate of drug-likeness (QED) is 0.817. The maximum absolute atomic E-state index is 12.1. The van der Waals surface area contributed by atoms with Crippen molar-refractivity contribution in [2.45, 2.75) is 11.3 Å². The number of sulfonamides is 1. The first-order valence-corrected chi connectivity index (χ1v) is 8.71. The number of benzene rings is 1. The summed E-state index contributed by atoms with van der Waals surface area (Å²) < 4.78 is 28.4. The number of halogens is 2. The Balaban J connectivity index is 2.09. The maximum atomic E-state index is 12.1. The van der Waals surface area contributed by atoms with Crippen LogP contribution >= 0.6 is 31.9 Å². The molecule has 0 aromatic heterocycles. The van der Waals surface area contributed by atoms with Crippen LogP contribution in [0.25, 0.3) is 0 Å². The topological polar surface area (TPSA) is 58.2 Å². The summed E-state index contributed by atoms with van der Waals surface area (Å²) in [6, 6.07) is 5.03. The Hall–Kier alpha value is 0.0500. The fraction of sp³-hybridized carbons (Fsp3) is 0.455. The van der Waals surface area contributed by atoms with Crippen molar-refractivity contribution in [3.63, 3.8) is 0 Å². The summed E-state index contributed by atoms with van der Waals surface area (Å²) >= 11 is 6.58.